The van der Waals surface area contributed by atoms with Gasteiger partial charge in [-0.25, -0.2) is 0 Å². The second-order valence-corrected chi connectivity index (χ2v) is 6.25. The molecule has 1 heterocycles. The number of piperidine rings is 1. The van der Waals surface area contributed by atoms with Crippen molar-refractivity contribution in [2.45, 2.75) is 38.1 Å². The van der Waals surface area contributed by atoms with Crippen molar-refractivity contribution >= 4 is 5.91 Å². The number of carbonyl (C=O) groups excluding carboxylic acids is 1. The maximum atomic E-state index is 12.1. The van der Waals surface area contributed by atoms with E-state index in [1.165, 1.54) is 25.7 Å². The molecule has 2 rings (SSSR count). The molecule has 0 aromatic rings. The minimum absolute atomic E-state index is 0.140. The third kappa shape index (κ3) is 3.95. The van der Waals surface area contributed by atoms with Crippen molar-refractivity contribution in [3.8, 4) is 0 Å². The first kappa shape index (κ1) is 13.8. The van der Waals surface area contributed by atoms with E-state index >= 15 is 0 Å². The molecule has 18 heavy (non-hydrogen) atoms. The second-order valence-electron chi connectivity index (χ2n) is 6.25. The molecule has 2 N–H and O–H groups in total. The first-order valence-electron chi connectivity index (χ1n) is 7.25. The average molecular weight is 253 g/mol. The van der Waals surface area contributed by atoms with Crippen molar-refractivity contribution < 1.29 is 4.79 Å². The molecule has 1 amide bonds. The number of likely N-dealkylation sites (tertiary alicyclic amines) is 1. The Hall–Kier alpha value is -0.610. The van der Waals surface area contributed by atoms with E-state index in [0.717, 1.165) is 32.0 Å². The molecule has 0 aromatic heterocycles. The van der Waals surface area contributed by atoms with Crippen LogP contribution < -0.4 is 5.73 Å². The van der Waals surface area contributed by atoms with Gasteiger partial charge in [-0.1, -0.05) is 12.8 Å². The van der Waals surface area contributed by atoms with Crippen molar-refractivity contribution in [1.82, 2.24) is 9.80 Å². The van der Waals surface area contributed by atoms with Gasteiger partial charge in [-0.15, -0.1) is 0 Å². The van der Waals surface area contributed by atoms with E-state index in [1.807, 2.05) is 11.9 Å². The van der Waals surface area contributed by atoms with Crippen molar-refractivity contribution in [3.05, 3.63) is 0 Å². The van der Waals surface area contributed by atoms with Crippen LogP contribution in [0.5, 0.6) is 0 Å². The van der Waals surface area contributed by atoms with Crippen LogP contribution in [0, 0.1) is 11.8 Å². The van der Waals surface area contributed by atoms with E-state index in [0.29, 0.717) is 5.92 Å². The molecule has 1 aliphatic carbocycles. The van der Waals surface area contributed by atoms with Crippen LogP contribution in [0.25, 0.3) is 0 Å². The number of likely N-dealkylation sites (N-methyl/N-ethyl adjacent to an activating group) is 1. The summed E-state index contributed by atoms with van der Waals surface area (Å²) in [5.41, 5.74) is 5.99. The third-order valence-corrected chi connectivity index (χ3v) is 4.35. The summed E-state index contributed by atoms with van der Waals surface area (Å²) in [4.78, 5) is 16.4. The molecule has 2 fully saturated rings. The van der Waals surface area contributed by atoms with Crippen molar-refractivity contribution in [1.29, 1.82) is 0 Å². The van der Waals surface area contributed by atoms with Crippen molar-refractivity contribution in [2.24, 2.45) is 17.6 Å². The van der Waals surface area contributed by atoms with E-state index in [1.54, 1.807) is 0 Å². The monoisotopic (exact) mass is 253 g/mol. The molecule has 1 saturated carbocycles. The summed E-state index contributed by atoms with van der Waals surface area (Å²) < 4.78 is 0. The van der Waals surface area contributed by atoms with Gasteiger partial charge in [-0.3, -0.25) is 4.79 Å². The molecule has 1 aliphatic heterocycles. The first-order chi connectivity index (χ1) is 8.56. The predicted octanol–water partition coefficient (Wildman–Crippen LogP) is 0.914. The number of amides is 1. The maximum absolute atomic E-state index is 12.1. The zero-order valence-corrected chi connectivity index (χ0v) is 11.8. The number of nitrogens with zero attached hydrogens (tertiary/aromatic N) is 2. The lowest BCUT2D eigenvalue weighted by atomic mass is 9.96. The van der Waals surface area contributed by atoms with Crippen LogP contribution in [0.2, 0.25) is 0 Å². The normalized spacial score (nSPS) is 23.9. The van der Waals surface area contributed by atoms with Crippen molar-refractivity contribution in [2.75, 3.05) is 33.7 Å². The minimum atomic E-state index is -0.270. The molecule has 104 valence electrons. The lowest BCUT2D eigenvalue weighted by Gasteiger charge is -2.32. The van der Waals surface area contributed by atoms with Crippen LogP contribution in [0.1, 0.15) is 32.1 Å². The Morgan fingerprint density at radius 3 is 2.44 bits per heavy atom. The Morgan fingerprint density at radius 1 is 1.28 bits per heavy atom. The topological polar surface area (TPSA) is 49.6 Å². The molecule has 1 atom stereocenters. The van der Waals surface area contributed by atoms with Crippen LogP contribution in [0.3, 0.4) is 0 Å². The molecule has 0 bridgehead atoms. The highest BCUT2D eigenvalue weighted by atomic mass is 16.2. The number of hydrogen-bond acceptors (Lipinski definition) is 3. The fourth-order valence-electron chi connectivity index (χ4n) is 2.82. The van der Waals surface area contributed by atoms with E-state index < -0.39 is 0 Å². The summed E-state index contributed by atoms with van der Waals surface area (Å²) in [7, 11) is 4.07. The predicted molar refractivity (Wildman–Crippen MR) is 73.2 cm³/mol. The zero-order chi connectivity index (χ0) is 13.1. The molecule has 0 spiro atoms. The van der Waals surface area contributed by atoms with Crippen LogP contribution in [0.4, 0.5) is 0 Å². The van der Waals surface area contributed by atoms with Gasteiger partial charge >= 0.3 is 0 Å². The van der Waals surface area contributed by atoms with Gasteiger partial charge in [0.05, 0.1) is 6.04 Å². The average Bonchev–Trinajstić information content (AvgIpc) is 3.15. The smallest absolute Gasteiger partial charge is 0.239 e. The Balaban J connectivity index is 1.72. The Labute approximate surface area is 110 Å². The van der Waals surface area contributed by atoms with Gasteiger partial charge in [0.15, 0.2) is 0 Å². The van der Waals surface area contributed by atoms with Crippen molar-refractivity contribution in [3.63, 3.8) is 0 Å². The highest BCUT2D eigenvalue weighted by Crippen LogP contribution is 2.33. The fourth-order valence-corrected chi connectivity index (χ4v) is 2.82. The van der Waals surface area contributed by atoms with E-state index in [2.05, 4.69) is 11.9 Å². The lowest BCUT2D eigenvalue weighted by molar-refractivity contribution is -0.132. The fraction of sp³-hybridized carbons (Fsp3) is 0.929. The van der Waals surface area contributed by atoms with E-state index in [-0.39, 0.29) is 11.9 Å². The number of carbonyl (C=O) groups is 1. The summed E-state index contributed by atoms with van der Waals surface area (Å²) in [6.45, 7) is 3.19. The van der Waals surface area contributed by atoms with Gasteiger partial charge in [0.1, 0.15) is 0 Å². The molecular formula is C14H27N3O. The largest absolute Gasteiger partial charge is 0.344 e. The molecular weight excluding hydrogens is 226 g/mol. The van der Waals surface area contributed by atoms with E-state index in [9.17, 15) is 4.79 Å². The Bertz CT molecular complexity index is 283. The van der Waals surface area contributed by atoms with Gasteiger partial charge in [0, 0.05) is 13.6 Å². The molecule has 0 aromatic carbocycles. The standard InChI is InChI=1S/C14H27N3O/c1-16-7-5-12(6-8-16)10-17(2)14(18)13(15)9-11-3-4-11/h11-13H,3-10,15H2,1-2H3. The molecule has 2 aliphatic rings. The van der Waals surface area contributed by atoms with E-state index in [4.69, 9.17) is 5.73 Å². The SMILES string of the molecule is CN1CCC(CN(C)C(=O)C(N)CC2CC2)CC1. The Morgan fingerprint density at radius 2 is 1.89 bits per heavy atom. The number of hydrogen-bond donors (Lipinski definition) is 1. The van der Waals surface area contributed by atoms with Gasteiger partial charge in [-0.05, 0) is 51.2 Å². The maximum Gasteiger partial charge on any atom is 0.239 e. The molecule has 0 radical (unpaired) electrons. The molecule has 1 unspecified atom stereocenters. The lowest BCUT2D eigenvalue weighted by Crippen LogP contribution is -2.45. The zero-order valence-electron chi connectivity index (χ0n) is 11.8. The molecule has 1 saturated heterocycles. The molecule has 4 heteroatoms. The van der Waals surface area contributed by atoms with Gasteiger partial charge in [0.25, 0.3) is 0 Å². The summed E-state index contributed by atoms with van der Waals surface area (Å²) in [5.74, 6) is 1.52. The van der Waals surface area contributed by atoms with Crippen LogP contribution in [0.15, 0.2) is 0 Å². The number of rotatable bonds is 5. The third-order valence-electron chi connectivity index (χ3n) is 4.35. The van der Waals surface area contributed by atoms with Crippen LogP contribution in [-0.4, -0.2) is 55.5 Å². The Kier molecular flexibility index (Phi) is 4.62. The van der Waals surface area contributed by atoms with Crippen LogP contribution in [-0.2, 0) is 4.79 Å². The first-order valence-corrected chi connectivity index (χ1v) is 7.25. The summed E-state index contributed by atoms with van der Waals surface area (Å²) in [6.07, 6.45) is 5.81. The minimum Gasteiger partial charge on any atom is -0.344 e. The summed E-state index contributed by atoms with van der Waals surface area (Å²) in [6, 6.07) is -0.270. The quantitative estimate of drug-likeness (QED) is 0.792. The van der Waals surface area contributed by atoms with Gasteiger partial charge in [0.2, 0.25) is 5.91 Å². The highest BCUT2D eigenvalue weighted by Gasteiger charge is 2.29. The highest BCUT2D eigenvalue weighted by molar-refractivity contribution is 5.81. The summed E-state index contributed by atoms with van der Waals surface area (Å²) >= 11 is 0. The van der Waals surface area contributed by atoms with Gasteiger partial charge in [-0.2, -0.15) is 0 Å². The number of nitrogens with two attached hydrogens (primary N) is 1. The van der Waals surface area contributed by atoms with Crippen LogP contribution >= 0.6 is 0 Å². The molecule has 4 nitrogen and oxygen atoms in total. The second kappa shape index (κ2) is 6.02. The summed E-state index contributed by atoms with van der Waals surface area (Å²) in [5, 5.41) is 0. The van der Waals surface area contributed by atoms with Gasteiger partial charge < -0.3 is 15.5 Å².